The maximum Gasteiger partial charge on any atom is 0.417 e. The van der Waals surface area contributed by atoms with Crippen molar-refractivity contribution < 1.29 is 31.1 Å². The number of halogens is 3. The number of primary sulfonamides is 1. The highest BCUT2D eigenvalue weighted by atomic mass is 32.2. The monoisotopic (exact) mass is 491 g/mol. The number of hydrogen-bond acceptors (Lipinski definition) is 4. The molecule has 0 spiro atoms. The molecule has 0 amide bonds. The Bertz CT molecular complexity index is 1480. The number of methoxy groups -OCH3 is 1. The largest absolute Gasteiger partial charge is 0.493 e. The van der Waals surface area contributed by atoms with Crippen LogP contribution in [0.5, 0.6) is 5.75 Å². The van der Waals surface area contributed by atoms with E-state index in [0.717, 1.165) is 31.7 Å². The van der Waals surface area contributed by atoms with Gasteiger partial charge in [-0.2, -0.15) is 13.2 Å². The lowest BCUT2D eigenvalue weighted by Crippen LogP contribution is -2.24. The summed E-state index contributed by atoms with van der Waals surface area (Å²) < 4.78 is 78.7. The number of ether oxygens (including phenoxy) is 2. The standard InChI is InChI=1S/C25H24F3NO4S/c1-32-17-8-2-14(3-9-17)13-33-20-10-6-16-5-4-15-7-11-21(34(29,30)31)18-12-19(25(26,27)28)24(20)23(16)22(15)18/h4-7,10-12,14,17H,2-3,8-9,13H2,1H3,(H2,29,30,31). The quantitative estimate of drug-likeness (QED) is 0.356. The van der Waals surface area contributed by atoms with Crippen molar-refractivity contribution in [1.82, 2.24) is 0 Å². The Labute approximate surface area is 195 Å². The Morgan fingerprint density at radius 1 is 0.941 bits per heavy atom. The van der Waals surface area contributed by atoms with E-state index in [9.17, 15) is 21.6 Å². The first-order valence-electron chi connectivity index (χ1n) is 11.1. The van der Waals surface area contributed by atoms with Gasteiger partial charge in [0, 0.05) is 23.3 Å². The molecule has 0 heterocycles. The van der Waals surface area contributed by atoms with E-state index in [4.69, 9.17) is 14.6 Å². The Kier molecular flexibility index (Phi) is 5.61. The van der Waals surface area contributed by atoms with Crippen LogP contribution in [0.2, 0.25) is 0 Å². The van der Waals surface area contributed by atoms with E-state index in [-0.39, 0.29) is 33.4 Å². The Morgan fingerprint density at radius 3 is 2.18 bits per heavy atom. The van der Waals surface area contributed by atoms with Gasteiger partial charge in [0.1, 0.15) is 5.75 Å². The van der Waals surface area contributed by atoms with E-state index in [1.807, 2.05) is 0 Å². The summed E-state index contributed by atoms with van der Waals surface area (Å²) in [5.74, 6) is 0.373. The molecular formula is C25H24F3NO4S. The third kappa shape index (κ3) is 3.95. The number of nitrogens with two attached hydrogens (primary N) is 1. The van der Waals surface area contributed by atoms with Crippen molar-refractivity contribution in [3.63, 3.8) is 0 Å². The molecule has 34 heavy (non-hydrogen) atoms. The number of rotatable bonds is 5. The highest BCUT2D eigenvalue weighted by Crippen LogP contribution is 2.47. The maximum atomic E-state index is 14.3. The van der Waals surface area contributed by atoms with Crippen LogP contribution in [-0.4, -0.2) is 28.2 Å². The van der Waals surface area contributed by atoms with Crippen molar-refractivity contribution >= 4 is 42.3 Å². The fraction of sp³-hybridized carbons (Fsp3) is 0.360. The molecular weight excluding hydrogens is 467 g/mol. The minimum Gasteiger partial charge on any atom is -0.493 e. The zero-order valence-electron chi connectivity index (χ0n) is 18.5. The number of hydrogen-bond donors (Lipinski definition) is 1. The van der Waals surface area contributed by atoms with Crippen molar-refractivity contribution in [2.45, 2.75) is 42.9 Å². The van der Waals surface area contributed by atoms with E-state index in [1.165, 1.54) is 6.07 Å². The van der Waals surface area contributed by atoms with Crippen LogP contribution in [0, 0.1) is 5.92 Å². The Morgan fingerprint density at radius 2 is 1.56 bits per heavy atom. The van der Waals surface area contributed by atoms with Crippen LogP contribution in [0.1, 0.15) is 31.2 Å². The molecule has 1 saturated carbocycles. The fourth-order valence-corrected chi connectivity index (χ4v) is 5.91. The predicted octanol–water partition coefficient (Wildman–Crippen LogP) is 5.83. The lowest BCUT2D eigenvalue weighted by atomic mass is 9.88. The van der Waals surface area contributed by atoms with Crippen LogP contribution in [0.25, 0.3) is 32.3 Å². The summed E-state index contributed by atoms with van der Waals surface area (Å²) in [6.45, 7) is 0.306. The fourth-order valence-electron chi connectivity index (χ4n) is 5.18. The van der Waals surface area contributed by atoms with Crippen molar-refractivity contribution in [2.24, 2.45) is 11.1 Å². The molecule has 5 rings (SSSR count). The summed E-state index contributed by atoms with van der Waals surface area (Å²) in [6, 6.07) is 10.5. The van der Waals surface area contributed by atoms with Gasteiger partial charge in [0.25, 0.3) is 0 Å². The molecule has 0 radical (unpaired) electrons. The zero-order chi connectivity index (χ0) is 24.3. The average molecular weight is 492 g/mol. The van der Waals surface area contributed by atoms with Crippen LogP contribution in [-0.2, 0) is 20.9 Å². The second-order valence-electron chi connectivity index (χ2n) is 8.97. The summed E-state index contributed by atoms with van der Waals surface area (Å²) in [5.41, 5.74) is -0.938. The third-order valence-corrected chi connectivity index (χ3v) is 7.87. The highest BCUT2D eigenvalue weighted by Gasteiger charge is 2.36. The summed E-state index contributed by atoms with van der Waals surface area (Å²) in [6.07, 6.45) is -0.952. The van der Waals surface area contributed by atoms with E-state index in [1.54, 1.807) is 37.4 Å². The van der Waals surface area contributed by atoms with Gasteiger partial charge in [-0.05, 0) is 66.0 Å². The molecule has 0 aliphatic heterocycles. The molecule has 2 N–H and O–H groups in total. The topological polar surface area (TPSA) is 78.6 Å². The van der Waals surface area contributed by atoms with Crippen LogP contribution in [0.15, 0.2) is 47.4 Å². The minimum atomic E-state index is -4.73. The van der Waals surface area contributed by atoms with Gasteiger partial charge in [0.2, 0.25) is 10.0 Å². The molecule has 4 aromatic carbocycles. The van der Waals surface area contributed by atoms with E-state index in [2.05, 4.69) is 0 Å². The molecule has 5 nitrogen and oxygen atoms in total. The molecule has 9 heteroatoms. The number of benzene rings is 4. The van der Waals surface area contributed by atoms with E-state index < -0.39 is 21.8 Å². The normalized spacial score (nSPS) is 19.9. The SMILES string of the molecule is COC1CCC(COc2ccc3ccc4ccc(S(N)(=O)=O)c5cc(C(F)(F)F)c2c3c45)CC1. The molecule has 0 unspecified atom stereocenters. The average Bonchev–Trinajstić information content (AvgIpc) is 2.80. The Balaban J connectivity index is 1.71. The summed E-state index contributed by atoms with van der Waals surface area (Å²) in [5, 5.41) is 7.21. The van der Waals surface area contributed by atoms with Gasteiger partial charge >= 0.3 is 6.18 Å². The second kappa shape index (κ2) is 8.25. The van der Waals surface area contributed by atoms with E-state index in [0.29, 0.717) is 28.2 Å². The van der Waals surface area contributed by atoms with Gasteiger partial charge in [0.15, 0.2) is 0 Å². The van der Waals surface area contributed by atoms with Crippen LogP contribution in [0.3, 0.4) is 0 Å². The van der Waals surface area contributed by atoms with Crippen molar-refractivity contribution in [2.75, 3.05) is 13.7 Å². The molecule has 0 bridgehead atoms. The first-order valence-corrected chi connectivity index (χ1v) is 12.6. The number of alkyl halides is 3. The minimum absolute atomic E-state index is 0.0412. The van der Waals surface area contributed by atoms with Crippen molar-refractivity contribution in [1.29, 1.82) is 0 Å². The van der Waals surface area contributed by atoms with Gasteiger partial charge in [-0.3, -0.25) is 0 Å². The lowest BCUT2D eigenvalue weighted by Gasteiger charge is -2.28. The summed E-state index contributed by atoms with van der Waals surface area (Å²) in [7, 11) is -2.55. The molecule has 4 aromatic rings. The molecule has 0 atom stereocenters. The first-order chi connectivity index (χ1) is 16.1. The molecule has 1 fully saturated rings. The van der Waals surface area contributed by atoms with Gasteiger partial charge < -0.3 is 9.47 Å². The lowest BCUT2D eigenvalue weighted by molar-refractivity contribution is -0.136. The van der Waals surface area contributed by atoms with Crippen LogP contribution in [0.4, 0.5) is 13.2 Å². The van der Waals surface area contributed by atoms with Gasteiger partial charge in [0.05, 0.1) is 23.2 Å². The zero-order valence-corrected chi connectivity index (χ0v) is 19.3. The number of sulfonamides is 1. The summed E-state index contributed by atoms with van der Waals surface area (Å²) in [4.78, 5) is -0.332. The van der Waals surface area contributed by atoms with Gasteiger partial charge in [-0.15, -0.1) is 0 Å². The van der Waals surface area contributed by atoms with E-state index >= 15 is 0 Å². The molecule has 1 aliphatic rings. The van der Waals surface area contributed by atoms with Crippen LogP contribution < -0.4 is 9.88 Å². The smallest absolute Gasteiger partial charge is 0.417 e. The summed E-state index contributed by atoms with van der Waals surface area (Å²) >= 11 is 0. The third-order valence-electron chi connectivity index (χ3n) is 6.90. The van der Waals surface area contributed by atoms with Crippen LogP contribution >= 0.6 is 0 Å². The maximum absolute atomic E-state index is 14.3. The van der Waals surface area contributed by atoms with Crippen molar-refractivity contribution in [3.8, 4) is 5.75 Å². The molecule has 0 saturated heterocycles. The van der Waals surface area contributed by atoms with Gasteiger partial charge in [-0.25, -0.2) is 13.6 Å². The predicted molar refractivity (Wildman–Crippen MR) is 125 cm³/mol. The highest BCUT2D eigenvalue weighted by molar-refractivity contribution is 7.89. The van der Waals surface area contributed by atoms with Gasteiger partial charge in [-0.1, -0.05) is 24.3 Å². The molecule has 1 aliphatic carbocycles. The van der Waals surface area contributed by atoms with Crippen molar-refractivity contribution in [3.05, 3.63) is 48.0 Å². The molecule has 180 valence electrons. The molecule has 0 aromatic heterocycles. The Hall–Kier alpha value is -2.62. The second-order valence-corrected chi connectivity index (χ2v) is 10.5. The first kappa shape index (κ1) is 23.1.